The molecule has 0 aliphatic carbocycles. The quantitative estimate of drug-likeness (QED) is 0.392. The molecule has 0 atom stereocenters. The molecule has 2 aromatic carbocycles. The first kappa shape index (κ1) is 20.0. The Labute approximate surface area is 175 Å². The lowest BCUT2D eigenvalue weighted by atomic mass is 10.1. The molecule has 31 heavy (non-hydrogen) atoms. The molecule has 2 aromatic heterocycles. The fourth-order valence-corrected chi connectivity index (χ4v) is 3.29. The van der Waals surface area contributed by atoms with E-state index in [-0.39, 0.29) is 16.9 Å². The molecular formula is C21H18N6O4. The maximum Gasteiger partial charge on any atom is 0.277 e. The van der Waals surface area contributed by atoms with E-state index in [1.165, 1.54) is 21.5 Å². The average molecular weight is 418 g/mol. The maximum absolute atomic E-state index is 13.1. The molecule has 10 nitrogen and oxygen atoms in total. The zero-order valence-corrected chi connectivity index (χ0v) is 16.8. The standard InChI is InChI=1S/C21H18N6O4/c1-3-25-21(29)17-7-5-4-6-16(17)19(24-25)20(28)22-18-12-13(2)23-26(18)14-8-10-15(11-9-14)27(30)31/h4-12H,3H2,1-2H3,(H,22,28). The van der Waals surface area contributed by atoms with Gasteiger partial charge < -0.3 is 5.32 Å². The maximum atomic E-state index is 13.1. The highest BCUT2D eigenvalue weighted by Crippen LogP contribution is 2.21. The normalized spacial score (nSPS) is 10.9. The second kappa shape index (κ2) is 7.82. The van der Waals surface area contributed by atoms with Crippen molar-refractivity contribution in [2.75, 3.05) is 5.32 Å². The molecule has 0 saturated carbocycles. The third kappa shape index (κ3) is 3.66. The number of aryl methyl sites for hydroxylation is 2. The van der Waals surface area contributed by atoms with Crippen molar-refractivity contribution in [3.63, 3.8) is 0 Å². The van der Waals surface area contributed by atoms with Crippen LogP contribution in [0, 0.1) is 17.0 Å². The summed E-state index contributed by atoms with van der Waals surface area (Å²) >= 11 is 0. The van der Waals surface area contributed by atoms with Crippen LogP contribution in [0.2, 0.25) is 0 Å². The summed E-state index contributed by atoms with van der Waals surface area (Å²) in [4.78, 5) is 36.1. The number of anilines is 1. The van der Waals surface area contributed by atoms with Crippen molar-refractivity contribution < 1.29 is 9.72 Å². The summed E-state index contributed by atoms with van der Waals surface area (Å²) < 4.78 is 2.73. The Morgan fingerprint density at radius 3 is 2.42 bits per heavy atom. The largest absolute Gasteiger partial charge is 0.305 e. The summed E-state index contributed by atoms with van der Waals surface area (Å²) in [5.74, 6) is -0.127. The zero-order chi connectivity index (χ0) is 22.1. The van der Waals surface area contributed by atoms with Crippen LogP contribution in [0.5, 0.6) is 0 Å². The van der Waals surface area contributed by atoms with Gasteiger partial charge in [0, 0.05) is 30.1 Å². The van der Waals surface area contributed by atoms with Gasteiger partial charge in [-0.15, -0.1) is 0 Å². The Morgan fingerprint density at radius 2 is 1.77 bits per heavy atom. The number of aromatic nitrogens is 4. The van der Waals surface area contributed by atoms with Gasteiger partial charge >= 0.3 is 0 Å². The number of benzene rings is 2. The highest BCUT2D eigenvalue weighted by atomic mass is 16.6. The van der Waals surface area contributed by atoms with Gasteiger partial charge in [-0.2, -0.15) is 10.2 Å². The lowest BCUT2D eigenvalue weighted by Crippen LogP contribution is -2.27. The predicted octanol–water partition coefficient (Wildman–Crippen LogP) is 3.07. The zero-order valence-electron chi connectivity index (χ0n) is 16.8. The van der Waals surface area contributed by atoms with E-state index < -0.39 is 10.8 Å². The third-order valence-electron chi connectivity index (χ3n) is 4.76. The fourth-order valence-electron chi connectivity index (χ4n) is 3.29. The highest BCUT2D eigenvalue weighted by Gasteiger charge is 2.19. The van der Waals surface area contributed by atoms with Crippen molar-refractivity contribution in [1.82, 2.24) is 19.6 Å². The van der Waals surface area contributed by atoms with Crippen LogP contribution in [0.4, 0.5) is 11.5 Å². The highest BCUT2D eigenvalue weighted by molar-refractivity contribution is 6.10. The molecule has 0 saturated heterocycles. The minimum atomic E-state index is -0.499. The Kier molecular flexibility index (Phi) is 5.04. The van der Waals surface area contributed by atoms with Gasteiger partial charge in [0.15, 0.2) is 5.69 Å². The van der Waals surface area contributed by atoms with Crippen LogP contribution in [0.1, 0.15) is 23.1 Å². The van der Waals surface area contributed by atoms with Gasteiger partial charge in [0.05, 0.1) is 21.7 Å². The molecule has 10 heteroatoms. The van der Waals surface area contributed by atoms with Crippen molar-refractivity contribution in [3.05, 3.63) is 86.5 Å². The number of nitro benzene ring substituents is 1. The number of carbonyl (C=O) groups is 1. The van der Waals surface area contributed by atoms with Crippen molar-refractivity contribution >= 4 is 28.2 Å². The van der Waals surface area contributed by atoms with Crippen LogP contribution in [-0.2, 0) is 6.54 Å². The van der Waals surface area contributed by atoms with Crippen molar-refractivity contribution in [3.8, 4) is 5.69 Å². The Bertz CT molecular complexity index is 1370. The molecule has 156 valence electrons. The molecule has 4 rings (SSSR count). The molecule has 0 aliphatic rings. The molecule has 0 unspecified atom stereocenters. The van der Waals surface area contributed by atoms with Gasteiger partial charge in [-0.3, -0.25) is 19.7 Å². The second-order valence-electron chi connectivity index (χ2n) is 6.83. The number of nitro groups is 1. The first-order valence-corrected chi connectivity index (χ1v) is 9.51. The van der Waals surface area contributed by atoms with Crippen LogP contribution in [0.3, 0.4) is 0 Å². The summed E-state index contributed by atoms with van der Waals surface area (Å²) in [5.41, 5.74) is 0.999. The van der Waals surface area contributed by atoms with Gasteiger partial charge in [-0.05, 0) is 32.0 Å². The first-order chi connectivity index (χ1) is 14.9. The number of nitrogens with one attached hydrogen (secondary N) is 1. The summed E-state index contributed by atoms with van der Waals surface area (Å²) in [6.07, 6.45) is 0. The van der Waals surface area contributed by atoms with Gasteiger partial charge in [0.2, 0.25) is 0 Å². The first-order valence-electron chi connectivity index (χ1n) is 9.51. The minimum absolute atomic E-state index is 0.0456. The van der Waals surface area contributed by atoms with Gasteiger partial charge in [0.1, 0.15) is 5.82 Å². The smallest absolute Gasteiger partial charge is 0.277 e. The van der Waals surface area contributed by atoms with Crippen molar-refractivity contribution in [2.45, 2.75) is 20.4 Å². The Morgan fingerprint density at radius 1 is 1.10 bits per heavy atom. The monoisotopic (exact) mass is 418 g/mol. The van der Waals surface area contributed by atoms with Crippen LogP contribution in [-0.4, -0.2) is 30.4 Å². The van der Waals surface area contributed by atoms with Crippen LogP contribution in [0.25, 0.3) is 16.5 Å². The number of hydrogen-bond acceptors (Lipinski definition) is 6. The Hall–Kier alpha value is -4.34. The molecule has 0 spiro atoms. The number of nitrogens with zero attached hydrogens (tertiary/aromatic N) is 5. The van der Waals surface area contributed by atoms with Crippen LogP contribution in [0.15, 0.2) is 59.4 Å². The predicted molar refractivity (Wildman–Crippen MR) is 115 cm³/mol. The van der Waals surface area contributed by atoms with Crippen molar-refractivity contribution in [1.29, 1.82) is 0 Å². The topological polar surface area (TPSA) is 125 Å². The average Bonchev–Trinajstić information content (AvgIpc) is 3.14. The lowest BCUT2D eigenvalue weighted by molar-refractivity contribution is -0.384. The lowest BCUT2D eigenvalue weighted by Gasteiger charge is -2.11. The van der Waals surface area contributed by atoms with E-state index in [1.807, 2.05) is 0 Å². The van der Waals surface area contributed by atoms with Crippen molar-refractivity contribution in [2.24, 2.45) is 0 Å². The molecule has 1 N–H and O–H groups in total. The summed E-state index contributed by atoms with van der Waals surface area (Å²) in [7, 11) is 0. The van der Waals surface area contributed by atoms with Crippen LogP contribution < -0.4 is 10.9 Å². The summed E-state index contributed by atoms with van der Waals surface area (Å²) in [6.45, 7) is 3.87. The number of carbonyl (C=O) groups excluding carboxylic acids is 1. The van der Waals surface area contributed by atoms with E-state index >= 15 is 0 Å². The third-order valence-corrected chi connectivity index (χ3v) is 4.76. The van der Waals surface area contributed by atoms with E-state index in [0.29, 0.717) is 34.5 Å². The Balaban J connectivity index is 1.75. The SMILES string of the molecule is CCn1nc(C(=O)Nc2cc(C)nn2-c2ccc([N+](=O)[O-])cc2)c2ccccc2c1=O. The molecule has 0 bridgehead atoms. The van der Waals surface area contributed by atoms with E-state index in [1.54, 1.807) is 56.3 Å². The van der Waals surface area contributed by atoms with E-state index in [2.05, 4.69) is 15.5 Å². The van der Waals surface area contributed by atoms with Gasteiger partial charge in [-0.25, -0.2) is 9.36 Å². The second-order valence-corrected chi connectivity index (χ2v) is 6.83. The molecular weight excluding hydrogens is 400 g/mol. The fraction of sp³-hybridized carbons (Fsp3) is 0.143. The molecule has 2 heterocycles. The molecule has 0 fully saturated rings. The van der Waals surface area contributed by atoms with Gasteiger partial charge in [-0.1, -0.05) is 18.2 Å². The van der Waals surface area contributed by atoms with E-state index in [9.17, 15) is 19.7 Å². The summed E-state index contributed by atoms with van der Waals surface area (Å²) in [6, 6.07) is 14.3. The number of amides is 1. The van der Waals surface area contributed by atoms with E-state index in [4.69, 9.17) is 0 Å². The molecule has 1 amide bonds. The minimum Gasteiger partial charge on any atom is -0.305 e. The van der Waals surface area contributed by atoms with E-state index in [0.717, 1.165) is 0 Å². The van der Waals surface area contributed by atoms with Gasteiger partial charge in [0.25, 0.3) is 17.2 Å². The molecule has 0 aliphatic heterocycles. The molecule has 0 radical (unpaired) electrons. The number of fused-ring (bicyclic) bond motifs is 1. The number of rotatable bonds is 5. The number of hydrogen-bond donors (Lipinski definition) is 1. The number of non-ortho nitro benzene ring substituents is 1. The molecule has 4 aromatic rings. The van der Waals surface area contributed by atoms with Crippen LogP contribution >= 0.6 is 0 Å². The summed E-state index contributed by atoms with van der Waals surface area (Å²) in [5, 5.41) is 23.2.